The van der Waals surface area contributed by atoms with Gasteiger partial charge in [0, 0.05) is 13.0 Å². The van der Waals surface area contributed by atoms with Gasteiger partial charge < -0.3 is 15.8 Å². The normalized spacial score (nSPS) is 13.6. The third-order valence-electron chi connectivity index (χ3n) is 2.70. The molecule has 5 heteroatoms. The average molecular weight is 271 g/mol. The average Bonchev–Trinajstić information content (AvgIpc) is 3.12. The SMILES string of the molecule is Cl.NCCC(=O)Nc1ccccc1OCC1CC1. The third kappa shape index (κ3) is 4.55. The fourth-order valence-electron chi connectivity index (χ4n) is 1.53. The van der Waals surface area contributed by atoms with Crippen LogP contribution in [0.15, 0.2) is 24.3 Å². The number of rotatable bonds is 6. The maximum absolute atomic E-state index is 11.5. The highest BCUT2D eigenvalue weighted by Gasteiger charge is 2.22. The highest BCUT2D eigenvalue weighted by atomic mass is 35.5. The summed E-state index contributed by atoms with van der Waals surface area (Å²) in [6.45, 7) is 1.10. The van der Waals surface area contributed by atoms with E-state index in [1.807, 2.05) is 24.3 Å². The van der Waals surface area contributed by atoms with Crippen molar-refractivity contribution in [3.63, 3.8) is 0 Å². The van der Waals surface area contributed by atoms with Crippen LogP contribution >= 0.6 is 12.4 Å². The van der Waals surface area contributed by atoms with Gasteiger partial charge in [0.15, 0.2) is 0 Å². The summed E-state index contributed by atoms with van der Waals surface area (Å²) < 4.78 is 5.69. The number of ether oxygens (including phenoxy) is 1. The molecule has 0 spiro atoms. The maximum atomic E-state index is 11.5. The number of carbonyl (C=O) groups excluding carboxylic acids is 1. The molecule has 0 bridgehead atoms. The molecule has 0 unspecified atom stereocenters. The van der Waals surface area contributed by atoms with Crippen molar-refractivity contribution in [2.24, 2.45) is 11.7 Å². The van der Waals surface area contributed by atoms with E-state index in [1.165, 1.54) is 12.8 Å². The van der Waals surface area contributed by atoms with Gasteiger partial charge in [-0.1, -0.05) is 12.1 Å². The molecule has 1 fully saturated rings. The second kappa shape index (κ2) is 7.24. The number of nitrogens with two attached hydrogens (primary N) is 1. The van der Waals surface area contributed by atoms with Crippen LogP contribution in [0, 0.1) is 5.92 Å². The number of amides is 1. The second-order valence-corrected chi connectivity index (χ2v) is 4.34. The lowest BCUT2D eigenvalue weighted by Gasteiger charge is -2.11. The standard InChI is InChI=1S/C13H18N2O2.ClH/c14-8-7-13(16)15-11-3-1-2-4-12(11)17-9-10-5-6-10;/h1-4,10H,5-9,14H2,(H,15,16);1H. The number of para-hydroxylation sites is 2. The highest BCUT2D eigenvalue weighted by Crippen LogP contribution is 2.31. The van der Waals surface area contributed by atoms with E-state index in [2.05, 4.69) is 5.32 Å². The predicted molar refractivity (Wildman–Crippen MR) is 74.2 cm³/mol. The molecule has 18 heavy (non-hydrogen) atoms. The van der Waals surface area contributed by atoms with Crippen LogP contribution in [0.3, 0.4) is 0 Å². The zero-order valence-electron chi connectivity index (χ0n) is 10.2. The van der Waals surface area contributed by atoms with Crippen molar-refractivity contribution in [1.29, 1.82) is 0 Å². The van der Waals surface area contributed by atoms with Crippen LogP contribution in [0.5, 0.6) is 5.75 Å². The Bertz CT molecular complexity index is 394. The van der Waals surface area contributed by atoms with Crippen molar-refractivity contribution in [3.8, 4) is 5.75 Å². The van der Waals surface area contributed by atoms with Crippen LogP contribution in [0.1, 0.15) is 19.3 Å². The number of hydrogen-bond donors (Lipinski definition) is 2. The molecule has 1 aromatic rings. The quantitative estimate of drug-likeness (QED) is 0.833. The van der Waals surface area contributed by atoms with Crippen molar-refractivity contribution in [2.75, 3.05) is 18.5 Å². The van der Waals surface area contributed by atoms with Gasteiger partial charge in [-0.25, -0.2) is 0 Å². The van der Waals surface area contributed by atoms with Crippen molar-refractivity contribution in [3.05, 3.63) is 24.3 Å². The van der Waals surface area contributed by atoms with Crippen LogP contribution in [-0.4, -0.2) is 19.1 Å². The first-order valence-electron chi connectivity index (χ1n) is 6.01. The van der Waals surface area contributed by atoms with Gasteiger partial charge in [-0.15, -0.1) is 12.4 Å². The molecule has 1 saturated carbocycles. The summed E-state index contributed by atoms with van der Waals surface area (Å²) in [5.41, 5.74) is 6.06. The Balaban J connectivity index is 0.00000162. The summed E-state index contributed by atoms with van der Waals surface area (Å²) in [7, 11) is 0. The van der Waals surface area contributed by atoms with Gasteiger partial charge in [-0.3, -0.25) is 4.79 Å². The fourth-order valence-corrected chi connectivity index (χ4v) is 1.53. The zero-order valence-corrected chi connectivity index (χ0v) is 11.0. The van der Waals surface area contributed by atoms with Crippen LogP contribution < -0.4 is 15.8 Å². The summed E-state index contributed by atoms with van der Waals surface area (Å²) in [5.74, 6) is 1.36. The molecule has 2 rings (SSSR count). The summed E-state index contributed by atoms with van der Waals surface area (Å²) in [6.07, 6.45) is 2.83. The van der Waals surface area contributed by atoms with Crippen LogP contribution in [0.25, 0.3) is 0 Å². The highest BCUT2D eigenvalue weighted by molar-refractivity contribution is 5.92. The zero-order chi connectivity index (χ0) is 12.1. The predicted octanol–water partition coefficient (Wildman–Crippen LogP) is 2.18. The van der Waals surface area contributed by atoms with Crippen LogP contribution in [0.4, 0.5) is 5.69 Å². The van der Waals surface area contributed by atoms with Gasteiger partial charge >= 0.3 is 0 Å². The molecule has 4 nitrogen and oxygen atoms in total. The van der Waals surface area contributed by atoms with E-state index in [9.17, 15) is 4.79 Å². The molecule has 0 aliphatic heterocycles. The smallest absolute Gasteiger partial charge is 0.225 e. The van der Waals surface area contributed by atoms with Gasteiger partial charge in [0.25, 0.3) is 0 Å². The molecule has 0 radical (unpaired) electrons. The summed E-state index contributed by atoms with van der Waals surface area (Å²) in [6, 6.07) is 7.50. The lowest BCUT2D eigenvalue weighted by atomic mass is 10.2. The first kappa shape index (κ1) is 14.8. The molecule has 1 aliphatic carbocycles. The van der Waals surface area contributed by atoms with E-state index < -0.39 is 0 Å². The molecule has 0 heterocycles. The number of nitrogens with one attached hydrogen (secondary N) is 1. The molecule has 0 aromatic heterocycles. The monoisotopic (exact) mass is 270 g/mol. The van der Waals surface area contributed by atoms with Gasteiger partial charge in [-0.05, 0) is 30.9 Å². The lowest BCUT2D eigenvalue weighted by Crippen LogP contribution is -2.16. The van der Waals surface area contributed by atoms with Gasteiger partial charge in [-0.2, -0.15) is 0 Å². The minimum absolute atomic E-state index is 0. The topological polar surface area (TPSA) is 64.4 Å². The van der Waals surface area contributed by atoms with E-state index in [-0.39, 0.29) is 18.3 Å². The Morgan fingerprint density at radius 2 is 2.11 bits per heavy atom. The van der Waals surface area contributed by atoms with Crippen molar-refractivity contribution < 1.29 is 9.53 Å². The number of carbonyl (C=O) groups is 1. The molecule has 100 valence electrons. The summed E-state index contributed by atoms with van der Waals surface area (Å²) >= 11 is 0. The molecule has 0 saturated heterocycles. The number of hydrogen-bond acceptors (Lipinski definition) is 3. The number of anilines is 1. The van der Waals surface area contributed by atoms with Crippen LogP contribution in [-0.2, 0) is 4.79 Å². The summed E-state index contributed by atoms with van der Waals surface area (Å²) in [5, 5.41) is 2.81. The first-order valence-corrected chi connectivity index (χ1v) is 6.01. The number of halogens is 1. The second-order valence-electron chi connectivity index (χ2n) is 4.34. The largest absolute Gasteiger partial charge is 0.491 e. The number of benzene rings is 1. The Morgan fingerprint density at radius 1 is 1.39 bits per heavy atom. The first-order chi connectivity index (χ1) is 8.29. The Kier molecular flexibility index (Phi) is 5.95. The van der Waals surface area contributed by atoms with Gasteiger partial charge in [0.05, 0.1) is 12.3 Å². The maximum Gasteiger partial charge on any atom is 0.225 e. The van der Waals surface area contributed by atoms with Crippen molar-refractivity contribution >= 4 is 24.0 Å². The Morgan fingerprint density at radius 3 is 2.78 bits per heavy atom. The van der Waals surface area contributed by atoms with E-state index in [4.69, 9.17) is 10.5 Å². The van der Waals surface area contributed by atoms with Gasteiger partial charge in [0.1, 0.15) is 5.75 Å². The minimum atomic E-state index is -0.0741. The molecular weight excluding hydrogens is 252 g/mol. The van der Waals surface area contributed by atoms with Crippen molar-refractivity contribution in [1.82, 2.24) is 0 Å². The molecule has 1 aliphatic rings. The molecular formula is C13H19ClN2O2. The molecule has 1 aromatic carbocycles. The van der Waals surface area contributed by atoms with Crippen LogP contribution in [0.2, 0.25) is 0 Å². The van der Waals surface area contributed by atoms with Gasteiger partial charge in [0.2, 0.25) is 5.91 Å². The van der Waals surface area contributed by atoms with E-state index in [0.29, 0.717) is 18.9 Å². The summed E-state index contributed by atoms with van der Waals surface area (Å²) in [4.78, 5) is 11.5. The van der Waals surface area contributed by atoms with Crippen molar-refractivity contribution in [2.45, 2.75) is 19.3 Å². The van der Waals surface area contributed by atoms with E-state index >= 15 is 0 Å². The Labute approximate surface area is 113 Å². The molecule has 1 amide bonds. The third-order valence-corrected chi connectivity index (χ3v) is 2.70. The van der Waals surface area contributed by atoms with E-state index in [0.717, 1.165) is 18.0 Å². The van der Waals surface area contributed by atoms with E-state index in [1.54, 1.807) is 0 Å². The Hall–Kier alpha value is -1.26. The molecule has 0 atom stereocenters. The minimum Gasteiger partial charge on any atom is -0.491 e. The lowest BCUT2D eigenvalue weighted by molar-refractivity contribution is -0.116. The fraction of sp³-hybridized carbons (Fsp3) is 0.462. The molecule has 3 N–H and O–H groups in total.